The van der Waals surface area contributed by atoms with Crippen molar-refractivity contribution in [2.24, 2.45) is 0 Å². The molecule has 3 nitrogen and oxygen atoms in total. The number of hydrogen-bond donors (Lipinski definition) is 1. The molecule has 0 fully saturated rings. The Hall–Kier alpha value is -1.09. The summed E-state index contributed by atoms with van der Waals surface area (Å²) in [6.07, 6.45) is 6.43. The van der Waals surface area contributed by atoms with E-state index >= 15 is 0 Å². The number of nitrogens with zero attached hydrogens (tertiary/aromatic N) is 1. The van der Waals surface area contributed by atoms with Gasteiger partial charge in [-0.25, -0.2) is 0 Å². The van der Waals surface area contributed by atoms with Crippen molar-refractivity contribution in [3.8, 4) is 5.75 Å². The number of unbranched alkanes of at least 4 members (excludes halogenated alkanes) is 2. The Kier molecular flexibility index (Phi) is 6.63. The highest BCUT2D eigenvalue weighted by molar-refractivity contribution is 5.21. The molecule has 1 aromatic heterocycles. The molecule has 0 bridgehead atoms. The quantitative estimate of drug-likeness (QED) is 0.703. The minimum Gasteiger partial charge on any atom is -0.492 e. The largest absolute Gasteiger partial charge is 0.492 e. The molecule has 0 aromatic carbocycles. The van der Waals surface area contributed by atoms with Crippen molar-refractivity contribution in [3.05, 3.63) is 24.0 Å². The van der Waals surface area contributed by atoms with Crippen molar-refractivity contribution in [1.29, 1.82) is 0 Å². The molecule has 0 amide bonds. The summed E-state index contributed by atoms with van der Waals surface area (Å²) in [5.74, 6) is 0.871. The summed E-state index contributed by atoms with van der Waals surface area (Å²) in [5, 5.41) is 3.24. The predicted octanol–water partition coefficient (Wildman–Crippen LogP) is 3.32. The van der Waals surface area contributed by atoms with Crippen LogP contribution in [0.1, 0.15) is 51.3 Å². The lowest BCUT2D eigenvalue weighted by Crippen LogP contribution is -2.16. The third-order valence-electron chi connectivity index (χ3n) is 2.89. The van der Waals surface area contributed by atoms with Crippen LogP contribution in [0.4, 0.5) is 0 Å². The third kappa shape index (κ3) is 4.73. The van der Waals surface area contributed by atoms with Crippen molar-refractivity contribution in [3.63, 3.8) is 0 Å². The summed E-state index contributed by atoms with van der Waals surface area (Å²) in [7, 11) is 1.96. The van der Waals surface area contributed by atoms with E-state index in [1.54, 1.807) is 0 Å². The van der Waals surface area contributed by atoms with Gasteiger partial charge in [0.15, 0.2) is 0 Å². The van der Waals surface area contributed by atoms with E-state index < -0.39 is 0 Å². The Morgan fingerprint density at radius 3 is 2.65 bits per heavy atom. The van der Waals surface area contributed by atoms with Crippen molar-refractivity contribution < 1.29 is 4.74 Å². The lowest BCUT2D eigenvalue weighted by molar-refractivity contribution is 0.305. The van der Waals surface area contributed by atoms with Crippen LogP contribution >= 0.6 is 0 Å². The number of aromatic nitrogens is 1. The normalized spacial score (nSPS) is 12.4. The molecule has 1 aromatic rings. The highest BCUT2D eigenvalue weighted by Gasteiger charge is 2.07. The van der Waals surface area contributed by atoms with Crippen molar-refractivity contribution >= 4 is 0 Å². The monoisotopic (exact) mass is 236 g/mol. The lowest BCUT2D eigenvalue weighted by atomic mass is 10.1. The number of pyridine rings is 1. The van der Waals surface area contributed by atoms with Gasteiger partial charge >= 0.3 is 0 Å². The number of ether oxygens (including phenoxy) is 1. The average Bonchev–Trinajstić information content (AvgIpc) is 2.38. The second-order valence-electron chi connectivity index (χ2n) is 4.22. The minimum absolute atomic E-state index is 0.337. The van der Waals surface area contributed by atoms with Crippen LogP contribution in [0, 0.1) is 0 Å². The zero-order valence-corrected chi connectivity index (χ0v) is 11.2. The Morgan fingerprint density at radius 1 is 1.29 bits per heavy atom. The summed E-state index contributed by atoms with van der Waals surface area (Å²) in [5.41, 5.74) is 1.08. The van der Waals surface area contributed by atoms with Gasteiger partial charge in [0.2, 0.25) is 0 Å². The SMILES string of the molecule is CCCCCOc1ccc(C(CC)NC)nc1. The molecule has 0 radical (unpaired) electrons. The van der Waals surface area contributed by atoms with Crippen LogP contribution in [-0.4, -0.2) is 18.6 Å². The van der Waals surface area contributed by atoms with Crippen LogP contribution in [-0.2, 0) is 0 Å². The Bertz CT molecular complexity index is 294. The number of hydrogen-bond acceptors (Lipinski definition) is 3. The van der Waals surface area contributed by atoms with Gasteiger partial charge in [-0.05, 0) is 32.0 Å². The number of nitrogens with one attached hydrogen (secondary N) is 1. The Labute approximate surface area is 105 Å². The average molecular weight is 236 g/mol. The molecule has 3 heteroatoms. The smallest absolute Gasteiger partial charge is 0.137 e. The zero-order valence-electron chi connectivity index (χ0n) is 11.2. The molecule has 0 aliphatic rings. The second-order valence-corrected chi connectivity index (χ2v) is 4.22. The topological polar surface area (TPSA) is 34.1 Å². The molecular formula is C14H24N2O. The highest BCUT2D eigenvalue weighted by atomic mass is 16.5. The summed E-state index contributed by atoms with van der Waals surface area (Å²) in [6, 6.07) is 4.39. The summed E-state index contributed by atoms with van der Waals surface area (Å²) >= 11 is 0. The van der Waals surface area contributed by atoms with Gasteiger partial charge < -0.3 is 10.1 Å². The maximum atomic E-state index is 5.63. The van der Waals surface area contributed by atoms with Gasteiger partial charge in [-0.15, -0.1) is 0 Å². The van der Waals surface area contributed by atoms with Gasteiger partial charge in [0.05, 0.1) is 18.5 Å². The van der Waals surface area contributed by atoms with E-state index in [4.69, 9.17) is 4.74 Å². The standard InChI is InChI=1S/C14H24N2O/c1-4-6-7-10-17-12-8-9-14(16-11-12)13(5-2)15-3/h8-9,11,13,15H,4-7,10H2,1-3H3. The van der Waals surface area contributed by atoms with Gasteiger partial charge in [0.1, 0.15) is 5.75 Å². The fourth-order valence-corrected chi connectivity index (χ4v) is 1.79. The second kappa shape index (κ2) is 8.07. The first-order valence-corrected chi connectivity index (χ1v) is 6.57. The van der Waals surface area contributed by atoms with E-state index in [9.17, 15) is 0 Å². The molecule has 1 rings (SSSR count). The fraction of sp³-hybridized carbons (Fsp3) is 0.643. The van der Waals surface area contributed by atoms with Crippen LogP contribution in [0.5, 0.6) is 5.75 Å². The van der Waals surface area contributed by atoms with E-state index in [-0.39, 0.29) is 0 Å². The van der Waals surface area contributed by atoms with Crippen molar-refractivity contribution in [2.45, 2.75) is 45.6 Å². The minimum atomic E-state index is 0.337. The molecule has 96 valence electrons. The first kappa shape index (κ1) is 14.0. The molecule has 0 saturated carbocycles. The molecule has 1 heterocycles. The molecule has 0 aliphatic heterocycles. The van der Waals surface area contributed by atoms with E-state index in [0.29, 0.717) is 6.04 Å². The first-order chi connectivity index (χ1) is 8.31. The maximum absolute atomic E-state index is 5.63. The van der Waals surface area contributed by atoms with Gasteiger partial charge in [0.25, 0.3) is 0 Å². The first-order valence-electron chi connectivity index (χ1n) is 6.57. The van der Waals surface area contributed by atoms with Gasteiger partial charge in [-0.3, -0.25) is 4.98 Å². The predicted molar refractivity (Wildman–Crippen MR) is 71.3 cm³/mol. The molecule has 1 N–H and O–H groups in total. The Balaban J connectivity index is 2.44. The van der Waals surface area contributed by atoms with E-state index in [0.717, 1.165) is 30.9 Å². The molecule has 0 aliphatic carbocycles. The fourth-order valence-electron chi connectivity index (χ4n) is 1.79. The molecule has 1 unspecified atom stereocenters. The molecule has 0 spiro atoms. The lowest BCUT2D eigenvalue weighted by Gasteiger charge is -2.13. The van der Waals surface area contributed by atoms with Crippen LogP contribution in [0.3, 0.4) is 0 Å². The van der Waals surface area contributed by atoms with Gasteiger partial charge in [-0.2, -0.15) is 0 Å². The van der Waals surface area contributed by atoms with Gasteiger partial charge in [0, 0.05) is 6.04 Å². The Morgan fingerprint density at radius 2 is 2.12 bits per heavy atom. The summed E-state index contributed by atoms with van der Waals surface area (Å²) in [4.78, 5) is 4.43. The maximum Gasteiger partial charge on any atom is 0.137 e. The van der Waals surface area contributed by atoms with E-state index in [1.165, 1.54) is 12.8 Å². The van der Waals surface area contributed by atoms with Crippen LogP contribution in [0.25, 0.3) is 0 Å². The summed E-state index contributed by atoms with van der Waals surface area (Å²) < 4.78 is 5.63. The number of rotatable bonds is 8. The molecule has 17 heavy (non-hydrogen) atoms. The van der Waals surface area contributed by atoms with Crippen LogP contribution in [0.2, 0.25) is 0 Å². The third-order valence-corrected chi connectivity index (χ3v) is 2.89. The van der Waals surface area contributed by atoms with Crippen molar-refractivity contribution in [2.75, 3.05) is 13.7 Å². The summed E-state index contributed by atoms with van der Waals surface area (Å²) in [6.45, 7) is 5.13. The van der Waals surface area contributed by atoms with Gasteiger partial charge in [-0.1, -0.05) is 26.7 Å². The van der Waals surface area contributed by atoms with E-state index in [2.05, 4.69) is 24.1 Å². The molecular weight excluding hydrogens is 212 g/mol. The van der Waals surface area contributed by atoms with Crippen LogP contribution < -0.4 is 10.1 Å². The van der Waals surface area contributed by atoms with Crippen molar-refractivity contribution in [1.82, 2.24) is 10.3 Å². The van der Waals surface area contributed by atoms with Crippen LogP contribution in [0.15, 0.2) is 18.3 Å². The van der Waals surface area contributed by atoms with E-state index in [1.807, 2.05) is 25.4 Å². The highest BCUT2D eigenvalue weighted by Crippen LogP contribution is 2.16. The molecule has 0 saturated heterocycles. The zero-order chi connectivity index (χ0) is 12.5. The molecule has 1 atom stereocenters.